The molecular weight excluding hydrogens is 236 g/mol. The molecule has 1 atom stereocenters. The molecule has 0 saturated heterocycles. The number of hydrogen-bond acceptors (Lipinski definition) is 3. The molecule has 0 fully saturated rings. The zero-order valence-corrected chi connectivity index (χ0v) is 11.7. The third-order valence-corrected chi connectivity index (χ3v) is 4.61. The Labute approximate surface area is 106 Å². The van der Waals surface area contributed by atoms with E-state index in [-0.39, 0.29) is 5.78 Å². The summed E-state index contributed by atoms with van der Waals surface area (Å²) in [5, 5.41) is 0.663. The summed E-state index contributed by atoms with van der Waals surface area (Å²) in [6.45, 7) is 6.07. The molecule has 1 unspecified atom stereocenters. The minimum atomic E-state index is 0.225. The molecule has 0 spiro atoms. The second-order valence-electron chi connectivity index (χ2n) is 3.80. The van der Waals surface area contributed by atoms with Crippen molar-refractivity contribution in [2.45, 2.75) is 42.2 Å². The molecule has 0 N–H and O–H groups in total. The highest BCUT2D eigenvalue weighted by atomic mass is 32.2. The van der Waals surface area contributed by atoms with E-state index in [1.54, 1.807) is 18.7 Å². The molecule has 1 aromatic rings. The van der Waals surface area contributed by atoms with Crippen LogP contribution in [0.4, 0.5) is 0 Å². The smallest absolute Gasteiger partial charge is 0.140 e. The van der Waals surface area contributed by atoms with Crippen molar-refractivity contribution >= 4 is 29.3 Å². The van der Waals surface area contributed by atoms with Crippen LogP contribution in [0.3, 0.4) is 0 Å². The number of rotatable bonds is 6. The Balaban J connectivity index is 2.50. The first kappa shape index (κ1) is 13.7. The monoisotopic (exact) mass is 254 g/mol. The lowest BCUT2D eigenvalue weighted by molar-refractivity contribution is -0.114. The largest absolute Gasteiger partial charge is 0.299 e. The molecule has 0 saturated carbocycles. The van der Waals surface area contributed by atoms with Crippen LogP contribution in [0.2, 0.25) is 0 Å². The molecule has 0 aliphatic carbocycles. The first-order chi connectivity index (χ1) is 7.61. The number of hydrogen-bond donors (Lipinski definition) is 0. The minimum Gasteiger partial charge on any atom is -0.299 e. The van der Waals surface area contributed by atoms with Gasteiger partial charge >= 0.3 is 0 Å². The van der Waals surface area contributed by atoms with Gasteiger partial charge in [0.05, 0.1) is 5.75 Å². The average Bonchev–Trinajstić information content (AvgIpc) is 2.28. The summed E-state index contributed by atoms with van der Waals surface area (Å²) in [6, 6.07) is 8.47. The topological polar surface area (TPSA) is 17.1 Å². The van der Waals surface area contributed by atoms with Gasteiger partial charge in [0.25, 0.3) is 0 Å². The number of benzene rings is 1. The van der Waals surface area contributed by atoms with Crippen molar-refractivity contribution in [3.63, 3.8) is 0 Å². The number of Topliss-reactive ketones (excluding diaryl/α,β-unsaturated/α-hetero) is 1. The summed E-state index contributed by atoms with van der Waals surface area (Å²) >= 11 is 3.50. The number of carbonyl (C=O) groups is 1. The normalized spacial score (nSPS) is 12.4. The molecule has 0 aliphatic rings. The summed E-state index contributed by atoms with van der Waals surface area (Å²) in [4.78, 5) is 13.3. The van der Waals surface area contributed by atoms with Crippen LogP contribution in [0.25, 0.3) is 0 Å². The molecule has 1 rings (SSSR count). The van der Waals surface area contributed by atoms with E-state index >= 15 is 0 Å². The van der Waals surface area contributed by atoms with E-state index in [1.165, 1.54) is 16.2 Å². The number of thioether (sulfide) groups is 2. The maximum Gasteiger partial charge on any atom is 0.140 e. The van der Waals surface area contributed by atoms with Crippen LogP contribution in [0.1, 0.15) is 27.2 Å². The molecule has 1 nitrogen and oxygen atoms in total. The van der Waals surface area contributed by atoms with E-state index in [0.717, 1.165) is 0 Å². The highest BCUT2D eigenvalue weighted by Crippen LogP contribution is 2.27. The summed E-state index contributed by atoms with van der Waals surface area (Å²) in [7, 11) is 0. The third kappa shape index (κ3) is 5.08. The molecule has 0 amide bonds. The fourth-order valence-corrected chi connectivity index (χ4v) is 2.74. The summed E-state index contributed by atoms with van der Waals surface area (Å²) in [5.74, 6) is 0.792. The van der Waals surface area contributed by atoms with Gasteiger partial charge in [-0.15, -0.1) is 23.5 Å². The van der Waals surface area contributed by atoms with E-state index in [4.69, 9.17) is 0 Å². The van der Waals surface area contributed by atoms with Crippen LogP contribution in [-0.4, -0.2) is 16.8 Å². The molecular formula is C13H18OS2. The van der Waals surface area contributed by atoms with Crippen molar-refractivity contribution in [1.29, 1.82) is 0 Å². The van der Waals surface area contributed by atoms with Gasteiger partial charge in [-0.2, -0.15) is 0 Å². The second kappa shape index (κ2) is 7.02. The van der Waals surface area contributed by atoms with Crippen LogP contribution < -0.4 is 0 Å². The molecule has 16 heavy (non-hydrogen) atoms. The quantitative estimate of drug-likeness (QED) is 0.706. The van der Waals surface area contributed by atoms with Crippen molar-refractivity contribution in [1.82, 2.24) is 0 Å². The standard InChI is InChI=1S/C13H18OS2/c1-4-11(3)16-13-7-5-12(6-8-13)15-9-10(2)14/h5-8,11H,4,9H2,1-3H3. The van der Waals surface area contributed by atoms with E-state index in [0.29, 0.717) is 11.0 Å². The second-order valence-corrected chi connectivity index (χ2v) is 6.36. The highest BCUT2D eigenvalue weighted by molar-refractivity contribution is 8.00. The van der Waals surface area contributed by atoms with Crippen LogP contribution in [-0.2, 0) is 4.79 Å². The van der Waals surface area contributed by atoms with E-state index in [2.05, 4.69) is 38.1 Å². The molecule has 1 aromatic carbocycles. The van der Waals surface area contributed by atoms with Gasteiger partial charge in [-0.3, -0.25) is 4.79 Å². The molecule has 0 aromatic heterocycles. The van der Waals surface area contributed by atoms with Gasteiger partial charge in [0.2, 0.25) is 0 Å². The third-order valence-electron chi connectivity index (χ3n) is 2.18. The van der Waals surface area contributed by atoms with Gasteiger partial charge in [-0.05, 0) is 37.6 Å². The molecule has 0 aliphatic heterocycles. The van der Waals surface area contributed by atoms with Gasteiger partial charge in [-0.1, -0.05) is 13.8 Å². The predicted molar refractivity (Wildman–Crippen MR) is 73.5 cm³/mol. The van der Waals surface area contributed by atoms with Gasteiger partial charge in [-0.25, -0.2) is 0 Å². The van der Waals surface area contributed by atoms with E-state index in [1.807, 2.05) is 11.8 Å². The zero-order valence-electron chi connectivity index (χ0n) is 10.0. The Morgan fingerprint density at radius 3 is 2.31 bits per heavy atom. The minimum absolute atomic E-state index is 0.225. The maximum absolute atomic E-state index is 10.8. The van der Waals surface area contributed by atoms with Crippen LogP contribution in [0, 0.1) is 0 Å². The maximum atomic E-state index is 10.8. The number of carbonyl (C=O) groups excluding carboxylic acids is 1. The lowest BCUT2D eigenvalue weighted by Crippen LogP contribution is -1.93. The van der Waals surface area contributed by atoms with E-state index < -0.39 is 0 Å². The first-order valence-electron chi connectivity index (χ1n) is 5.50. The Morgan fingerprint density at radius 1 is 1.25 bits per heavy atom. The van der Waals surface area contributed by atoms with Crippen molar-refractivity contribution < 1.29 is 4.79 Å². The molecule has 0 bridgehead atoms. The van der Waals surface area contributed by atoms with E-state index in [9.17, 15) is 4.79 Å². The van der Waals surface area contributed by atoms with Gasteiger partial charge < -0.3 is 0 Å². The lowest BCUT2D eigenvalue weighted by atomic mass is 10.4. The van der Waals surface area contributed by atoms with Crippen LogP contribution >= 0.6 is 23.5 Å². The summed E-state index contributed by atoms with van der Waals surface area (Å²) in [5.41, 5.74) is 0. The SMILES string of the molecule is CCC(C)Sc1ccc(SCC(C)=O)cc1. The average molecular weight is 254 g/mol. The van der Waals surface area contributed by atoms with Gasteiger partial charge in [0, 0.05) is 15.0 Å². The predicted octanol–water partition coefficient (Wildman–Crippen LogP) is 4.26. The highest BCUT2D eigenvalue weighted by Gasteiger charge is 2.02. The molecule has 3 heteroatoms. The van der Waals surface area contributed by atoms with Crippen molar-refractivity contribution in [3.05, 3.63) is 24.3 Å². The van der Waals surface area contributed by atoms with Crippen molar-refractivity contribution in [2.24, 2.45) is 0 Å². The van der Waals surface area contributed by atoms with Crippen LogP contribution in [0.15, 0.2) is 34.1 Å². The Kier molecular flexibility index (Phi) is 5.99. The Bertz CT molecular complexity index is 332. The first-order valence-corrected chi connectivity index (χ1v) is 7.37. The Morgan fingerprint density at radius 2 is 1.81 bits per heavy atom. The van der Waals surface area contributed by atoms with Crippen LogP contribution in [0.5, 0.6) is 0 Å². The fraction of sp³-hybridized carbons (Fsp3) is 0.462. The van der Waals surface area contributed by atoms with Gasteiger partial charge in [0.15, 0.2) is 0 Å². The molecule has 88 valence electrons. The summed E-state index contributed by atoms with van der Waals surface area (Å²) in [6.07, 6.45) is 1.19. The molecule has 0 radical (unpaired) electrons. The summed E-state index contributed by atoms with van der Waals surface area (Å²) < 4.78 is 0. The van der Waals surface area contributed by atoms with Gasteiger partial charge in [0.1, 0.15) is 5.78 Å². The lowest BCUT2D eigenvalue weighted by Gasteiger charge is -2.08. The molecule has 0 heterocycles. The number of ketones is 1. The van der Waals surface area contributed by atoms with Crippen molar-refractivity contribution in [2.75, 3.05) is 5.75 Å². The van der Waals surface area contributed by atoms with Crippen molar-refractivity contribution in [3.8, 4) is 0 Å². The fourth-order valence-electron chi connectivity index (χ4n) is 1.12. The zero-order chi connectivity index (χ0) is 12.0. The Hall–Kier alpha value is -0.410.